The van der Waals surface area contributed by atoms with E-state index in [1.165, 1.54) is 15.8 Å². The Hall–Kier alpha value is -1.10. The number of rotatable bonds is 4. The number of aryl methyl sites for hydroxylation is 1. The summed E-state index contributed by atoms with van der Waals surface area (Å²) in [4.78, 5) is 1.26. The fourth-order valence-corrected chi connectivity index (χ4v) is 3.92. The molecule has 104 valence electrons. The molecule has 3 rings (SSSR count). The van der Waals surface area contributed by atoms with Crippen LogP contribution in [-0.2, 0) is 0 Å². The summed E-state index contributed by atoms with van der Waals surface area (Å²) in [6.45, 7) is 5.10. The monoisotopic (exact) mass is 349 g/mol. The van der Waals surface area contributed by atoms with Crippen LogP contribution < -0.4 is 5.32 Å². The first-order chi connectivity index (χ1) is 9.69. The van der Waals surface area contributed by atoms with E-state index in [4.69, 9.17) is 4.42 Å². The molecule has 4 heteroatoms. The minimum Gasteiger partial charge on any atom is -0.459 e. The molecule has 3 aromatic rings. The second kappa shape index (κ2) is 5.72. The van der Waals surface area contributed by atoms with Crippen LogP contribution in [0.1, 0.15) is 29.2 Å². The van der Waals surface area contributed by atoms with Gasteiger partial charge >= 0.3 is 0 Å². The summed E-state index contributed by atoms with van der Waals surface area (Å²) in [5.41, 5.74) is 2.16. The Labute approximate surface area is 130 Å². The van der Waals surface area contributed by atoms with Crippen molar-refractivity contribution in [2.24, 2.45) is 0 Å². The van der Waals surface area contributed by atoms with Crippen LogP contribution in [0.15, 0.2) is 44.6 Å². The molecule has 0 fully saturated rings. The van der Waals surface area contributed by atoms with Gasteiger partial charge in [0.2, 0.25) is 0 Å². The molecule has 20 heavy (non-hydrogen) atoms. The van der Waals surface area contributed by atoms with E-state index < -0.39 is 0 Å². The maximum absolute atomic E-state index is 6.11. The van der Waals surface area contributed by atoms with Crippen molar-refractivity contribution in [2.45, 2.75) is 19.9 Å². The first kappa shape index (κ1) is 13.9. The van der Waals surface area contributed by atoms with Crippen LogP contribution in [0.3, 0.4) is 0 Å². The Kier molecular flexibility index (Phi) is 3.96. The third-order valence-corrected chi connectivity index (χ3v) is 5.08. The first-order valence-electron chi connectivity index (χ1n) is 6.65. The second-order valence-electron chi connectivity index (χ2n) is 4.80. The largest absolute Gasteiger partial charge is 0.459 e. The lowest BCUT2D eigenvalue weighted by atomic mass is 10.1. The van der Waals surface area contributed by atoms with Crippen LogP contribution in [-0.4, -0.2) is 6.54 Å². The van der Waals surface area contributed by atoms with Crippen LogP contribution in [0.2, 0.25) is 0 Å². The van der Waals surface area contributed by atoms with Crippen LogP contribution in [0.4, 0.5) is 0 Å². The van der Waals surface area contributed by atoms with E-state index in [1.807, 2.05) is 0 Å². The van der Waals surface area contributed by atoms with E-state index in [0.717, 1.165) is 22.4 Å². The van der Waals surface area contributed by atoms with E-state index in [2.05, 4.69) is 70.8 Å². The maximum atomic E-state index is 6.11. The van der Waals surface area contributed by atoms with Crippen molar-refractivity contribution in [3.63, 3.8) is 0 Å². The van der Waals surface area contributed by atoms with Crippen molar-refractivity contribution in [3.8, 4) is 0 Å². The van der Waals surface area contributed by atoms with Gasteiger partial charge in [-0.05, 0) is 47.1 Å². The molecule has 1 unspecified atom stereocenters. The molecule has 2 nitrogen and oxygen atoms in total. The lowest BCUT2D eigenvalue weighted by Gasteiger charge is -2.13. The molecular formula is C16H16BrNOS. The Morgan fingerprint density at radius 2 is 2.20 bits per heavy atom. The van der Waals surface area contributed by atoms with Crippen LogP contribution in [0.25, 0.3) is 11.0 Å². The third kappa shape index (κ3) is 2.55. The highest BCUT2D eigenvalue weighted by Crippen LogP contribution is 2.33. The molecule has 1 atom stereocenters. The van der Waals surface area contributed by atoms with Crippen LogP contribution >= 0.6 is 27.3 Å². The van der Waals surface area contributed by atoms with Gasteiger partial charge in [-0.1, -0.05) is 25.1 Å². The smallest absolute Gasteiger partial charge is 0.137 e. The summed E-state index contributed by atoms with van der Waals surface area (Å²) in [5.74, 6) is 0.977. The molecular weight excluding hydrogens is 334 g/mol. The molecule has 2 aromatic heterocycles. The van der Waals surface area contributed by atoms with Gasteiger partial charge in [0.25, 0.3) is 0 Å². The van der Waals surface area contributed by atoms with Gasteiger partial charge in [-0.2, -0.15) is 0 Å². The molecule has 2 heterocycles. The zero-order chi connectivity index (χ0) is 14.1. The highest BCUT2D eigenvalue weighted by Gasteiger charge is 2.19. The van der Waals surface area contributed by atoms with Gasteiger partial charge in [0.1, 0.15) is 17.4 Å². The number of para-hydroxylation sites is 1. The first-order valence-corrected chi connectivity index (χ1v) is 8.32. The SMILES string of the molecule is CCNC(c1cc2cccc(C)c2o1)c1cc(Br)cs1. The molecule has 1 N–H and O–H groups in total. The van der Waals surface area contributed by atoms with Crippen molar-refractivity contribution < 1.29 is 4.42 Å². The van der Waals surface area contributed by atoms with Gasteiger partial charge in [-0.15, -0.1) is 11.3 Å². The van der Waals surface area contributed by atoms with Gasteiger partial charge in [0.05, 0.1) is 0 Å². The predicted molar refractivity (Wildman–Crippen MR) is 88.5 cm³/mol. The molecule has 0 aliphatic carbocycles. The minimum atomic E-state index is 0.114. The number of nitrogens with one attached hydrogen (secondary N) is 1. The molecule has 0 aliphatic rings. The molecule has 0 saturated heterocycles. The Balaban J connectivity index is 2.07. The van der Waals surface area contributed by atoms with E-state index in [-0.39, 0.29) is 6.04 Å². The number of halogens is 1. The lowest BCUT2D eigenvalue weighted by molar-refractivity contribution is 0.480. The molecule has 0 bridgehead atoms. The summed E-state index contributed by atoms with van der Waals surface area (Å²) in [6, 6.07) is 10.7. The maximum Gasteiger partial charge on any atom is 0.137 e. The Morgan fingerprint density at radius 3 is 2.85 bits per heavy atom. The fraction of sp³-hybridized carbons (Fsp3) is 0.250. The molecule has 1 aromatic carbocycles. The average molecular weight is 350 g/mol. The average Bonchev–Trinajstić information content (AvgIpc) is 3.03. The summed E-state index contributed by atoms with van der Waals surface area (Å²) < 4.78 is 7.22. The van der Waals surface area contributed by atoms with Gasteiger partial charge in [0.15, 0.2) is 0 Å². The Bertz CT molecular complexity index is 731. The van der Waals surface area contributed by atoms with E-state index in [0.29, 0.717) is 0 Å². The quantitative estimate of drug-likeness (QED) is 0.694. The van der Waals surface area contributed by atoms with E-state index in [9.17, 15) is 0 Å². The molecule has 0 saturated carbocycles. The van der Waals surface area contributed by atoms with Crippen LogP contribution in [0.5, 0.6) is 0 Å². The minimum absolute atomic E-state index is 0.114. The summed E-state index contributed by atoms with van der Waals surface area (Å²) in [6.07, 6.45) is 0. The van der Waals surface area contributed by atoms with Crippen LogP contribution in [0, 0.1) is 6.92 Å². The number of furan rings is 1. The molecule has 0 spiro atoms. The number of fused-ring (bicyclic) bond motifs is 1. The van der Waals surface area contributed by atoms with E-state index >= 15 is 0 Å². The zero-order valence-electron chi connectivity index (χ0n) is 11.4. The van der Waals surface area contributed by atoms with Crippen molar-refractivity contribution in [1.82, 2.24) is 5.32 Å². The topological polar surface area (TPSA) is 25.2 Å². The van der Waals surface area contributed by atoms with E-state index in [1.54, 1.807) is 11.3 Å². The molecule has 0 aliphatic heterocycles. The zero-order valence-corrected chi connectivity index (χ0v) is 13.8. The number of hydrogen-bond donors (Lipinski definition) is 1. The summed E-state index contributed by atoms with van der Waals surface area (Å²) in [7, 11) is 0. The van der Waals surface area contributed by atoms with Gasteiger partial charge < -0.3 is 9.73 Å². The van der Waals surface area contributed by atoms with Gasteiger partial charge in [-0.25, -0.2) is 0 Å². The number of thiophene rings is 1. The fourth-order valence-electron chi connectivity index (χ4n) is 2.40. The predicted octanol–water partition coefficient (Wildman–Crippen LogP) is 5.26. The standard InChI is InChI=1S/C16H16BrNOS/c1-3-18-15(14-8-12(17)9-20-14)13-7-11-6-4-5-10(2)16(11)19-13/h4-9,15,18H,3H2,1-2H3. The van der Waals surface area contributed by atoms with Crippen molar-refractivity contribution in [2.75, 3.05) is 6.54 Å². The van der Waals surface area contributed by atoms with Crippen molar-refractivity contribution in [1.29, 1.82) is 0 Å². The highest BCUT2D eigenvalue weighted by molar-refractivity contribution is 9.10. The summed E-state index contributed by atoms with van der Waals surface area (Å²) in [5, 5.41) is 6.77. The second-order valence-corrected chi connectivity index (χ2v) is 6.66. The molecule has 0 radical (unpaired) electrons. The normalized spacial score (nSPS) is 12.9. The molecule has 0 amide bonds. The van der Waals surface area contributed by atoms with Gasteiger partial charge in [0, 0.05) is 20.1 Å². The summed E-state index contributed by atoms with van der Waals surface area (Å²) >= 11 is 5.26. The van der Waals surface area contributed by atoms with Crippen molar-refractivity contribution in [3.05, 3.63) is 56.4 Å². The number of hydrogen-bond acceptors (Lipinski definition) is 3. The van der Waals surface area contributed by atoms with Crippen molar-refractivity contribution >= 4 is 38.2 Å². The number of benzene rings is 1. The Morgan fingerprint density at radius 1 is 1.35 bits per heavy atom. The lowest BCUT2D eigenvalue weighted by Crippen LogP contribution is -2.20. The van der Waals surface area contributed by atoms with Gasteiger partial charge in [-0.3, -0.25) is 0 Å². The highest BCUT2D eigenvalue weighted by atomic mass is 79.9. The third-order valence-electron chi connectivity index (χ3n) is 3.33.